The summed E-state index contributed by atoms with van der Waals surface area (Å²) >= 11 is 0. The molecule has 0 aromatic carbocycles. The van der Waals surface area contributed by atoms with Crippen molar-refractivity contribution in [3.8, 4) is 0 Å². The Labute approximate surface area is 75.4 Å². The maximum absolute atomic E-state index is 5.45. The zero-order valence-electron chi connectivity index (χ0n) is 8.59. The summed E-state index contributed by atoms with van der Waals surface area (Å²) in [6.07, 6.45) is 0.568. The summed E-state index contributed by atoms with van der Waals surface area (Å²) in [4.78, 5) is 0. The van der Waals surface area contributed by atoms with Crippen LogP contribution in [0.25, 0.3) is 0 Å². The molecule has 0 amide bonds. The highest BCUT2D eigenvalue weighted by molar-refractivity contribution is 4.51. The first-order valence-electron chi connectivity index (χ1n) is 4.54. The normalized spacial score (nSPS) is 13.8. The standard InChI is InChI=1S/C9H21NO2/c1-8(2)11-5-6-12-9(3)7-10-4/h8-10H,5-7H2,1-4H3. The van der Waals surface area contributed by atoms with E-state index in [9.17, 15) is 0 Å². The van der Waals surface area contributed by atoms with Gasteiger partial charge in [0.2, 0.25) is 0 Å². The van der Waals surface area contributed by atoms with E-state index in [4.69, 9.17) is 9.47 Å². The van der Waals surface area contributed by atoms with Gasteiger partial charge in [-0.1, -0.05) is 0 Å². The van der Waals surface area contributed by atoms with Crippen LogP contribution in [-0.4, -0.2) is 39.0 Å². The molecule has 0 aliphatic heterocycles. The molecule has 0 aliphatic carbocycles. The molecule has 74 valence electrons. The largest absolute Gasteiger partial charge is 0.376 e. The van der Waals surface area contributed by atoms with E-state index in [0.717, 1.165) is 6.54 Å². The summed E-state index contributed by atoms with van der Waals surface area (Å²) < 4.78 is 10.8. The van der Waals surface area contributed by atoms with Gasteiger partial charge in [-0.25, -0.2) is 0 Å². The van der Waals surface area contributed by atoms with Crippen LogP contribution >= 0.6 is 0 Å². The fourth-order valence-electron chi connectivity index (χ4n) is 0.879. The molecule has 0 bridgehead atoms. The first-order chi connectivity index (χ1) is 5.66. The van der Waals surface area contributed by atoms with Gasteiger partial charge in [0, 0.05) is 6.54 Å². The minimum Gasteiger partial charge on any atom is -0.376 e. The Kier molecular flexibility index (Phi) is 7.45. The minimum absolute atomic E-state index is 0.269. The molecule has 12 heavy (non-hydrogen) atoms. The van der Waals surface area contributed by atoms with Crippen LogP contribution in [-0.2, 0) is 9.47 Å². The average Bonchev–Trinajstić information content (AvgIpc) is 1.98. The third-order valence-corrected chi connectivity index (χ3v) is 1.43. The maximum Gasteiger partial charge on any atom is 0.0704 e. The number of hydrogen-bond donors (Lipinski definition) is 1. The lowest BCUT2D eigenvalue weighted by Crippen LogP contribution is -2.25. The third-order valence-electron chi connectivity index (χ3n) is 1.43. The van der Waals surface area contributed by atoms with Crippen LogP contribution in [0.3, 0.4) is 0 Å². The van der Waals surface area contributed by atoms with E-state index in [1.165, 1.54) is 0 Å². The minimum atomic E-state index is 0.269. The van der Waals surface area contributed by atoms with E-state index < -0.39 is 0 Å². The first-order valence-corrected chi connectivity index (χ1v) is 4.54. The van der Waals surface area contributed by atoms with Crippen molar-refractivity contribution in [2.45, 2.75) is 33.0 Å². The highest BCUT2D eigenvalue weighted by Gasteiger charge is 1.99. The summed E-state index contributed by atoms with van der Waals surface area (Å²) in [6, 6.07) is 0. The number of nitrogens with one attached hydrogen (secondary N) is 1. The van der Waals surface area contributed by atoms with Gasteiger partial charge in [0.15, 0.2) is 0 Å². The fourth-order valence-corrected chi connectivity index (χ4v) is 0.879. The Morgan fingerprint density at radius 1 is 1.08 bits per heavy atom. The van der Waals surface area contributed by atoms with Crippen molar-refractivity contribution in [2.24, 2.45) is 0 Å². The molecule has 0 heterocycles. The van der Waals surface area contributed by atoms with Crippen LogP contribution < -0.4 is 5.32 Å². The molecule has 0 saturated carbocycles. The van der Waals surface area contributed by atoms with E-state index in [1.807, 2.05) is 27.8 Å². The van der Waals surface area contributed by atoms with Crippen molar-refractivity contribution < 1.29 is 9.47 Å². The van der Waals surface area contributed by atoms with Gasteiger partial charge < -0.3 is 14.8 Å². The van der Waals surface area contributed by atoms with Crippen LogP contribution in [0.1, 0.15) is 20.8 Å². The van der Waals surface area contributed by atoms with Crippen molar-refractivity contribution in [3.63, 3.8) is 0 Å². The lowest BCUT2D eigenvalue weighted by molar-refractivity contribution is -0.00559. The molecular weight excluding hydrogens is 154 g/mol. The van der Waals surface area contributed by atoms with Crippen molar-refractivity contribution >= 4 is 0 Å². The van der Waals surface area contributed by atoms with Crippen LogP contribution in [0.4, 0.5) is 0 Å². The molecule has 1 atom stereocenters. The van der Waals surface area contributed by atoms with Gasteiger partial charge >= 0.3 is 0 Å². The molecular formula is C9H21NO2. The third kappa shape index (κ3) is 7.98. The highest BCUT2D eigenvalue weighted by Crippen LogP contribution is 1.91. The maximum atomic E-state index is 5.45. The molecule has 0 fully saturated rings. The van der Waals surface area contributed by atoms with Crippen molar-refractivity contribution in [1.29, 1.82) is 0 Å². The van der Waals surface area contributed by atoms with Crippen LogP contribution in [0.5, 0.6) is 0 Å². The lowest BCUT2D eigenvalue weighted by Gasteiger charge is -2.13. The highest BCUT2D eigenvalue weighted by atomic mass is 16.5. The molecule has 1 N–H and O–H groups in total. The van der Waals surface area contributed by atoms with E-state index in [1.54, 1.807) is 0 Å². The molecule has 0 aromatic heterocycles. The summed E-state index contributed by atoms with van der Waals surface area (Å²) in [7, 11) is 1.92. The summed E-state index contributed by atoms with van der Waals surface area (Å²) in [6.45, 7) is 8.36. The predicted molar refractivity (Wildman–Crippen MR) is 50.4 cm³/mol. The van der Waals surface area contributed by atoms with Gasteiger partial charge in [0.05, 0.1) is 25.4 Å². The van der Waals surface area contributed by atoms with Gasteiger partial charge in [-0.05, 0) is 27.8 Å². The second kappa shape index (κ2) is 7.53. The molecule has 3 nitrogen and oxygen atoms in total. The SMILES string of the molecule is CNCC(C)OCCOC(C)C. The summed E-state index contributed by atoms with van der Waals surface area (Å²) in [5.74, 6) is 0. The number of ether oxygens (including phenoxy) is 2. The van der Waals surface area contributed by atoms with Crippen LogP contribution in [0.2, 0.25) is 0 Å². The summed E-state index contributed by atoms with van der Waals surface area (Å²) in [5.41, 5.74) is 0. The smallest absolute Gasteiger partial charge is 0.0704 e. The Morgan fingerprint density at radius 3 is 2.17 bits per heavy atom. The Morgan fingerprint density at radius 2 is 1.67 bits per heavy atom. The van der Waals surface area contributed by atoms with Gasteiger partial charge in [0.1, 0.15) is 0 Å². The zero-order valence-corrected chi connectivity index (χ0v) is 8.59. The molecule has 0 aromatic rings. The lowest BCUT2D eigenvalue weighted by atomic mass is 10.4. The fraction of sp³-hybridized carbons (Fsp3) is 1.00. The zero-order chi connectivity index (χ0) is 9.40. The second-order valence-corrected chi connectivity index (χ2v) is 3.16. The molecule has 1 unspecified atom stereocenters. The van der Waals surface area contributed by atoms with Crippen molar-refractivity contribution in [2.75, 3.05) is 26.8 Å². The van der Waals surface area contributed by atoms with E-state index in [2.05, 4.69) is 5.32 Å². The molecule has 0 spiro atoms. The first kappa shape index (κ1) is 11.9. The Hall–Kier alpha value is -0.120. The van der Waals surface area contributed by atoms with E-state index in [-0.39, 0.29) is 6.10 Å². The van der Waals surface area contributed by atoms with Gasteiger partial charge in [-0.3, -0.25) is 0 Å². The van der Waals surface area contributed by atoms with Crippen LogP contribution in [0, 0.1) is 0 Å². The molecule has 0 rings (SSSR count). The number of likely N-dealkylation sites (N-methyl/N-ethyl adjacent to an activating group) is 1. The molecule has 0 radical (unpaired) electrons. The van der Waals surface area contributed by atoms with Crippen LogP contribution in [0.15, 0.2) is 0 Å². The van der Waals surface area contributed by atoms with Gasteiger partial charge in [-0.15, -0.1) is 0 Å². The second-order valence-electron chi connectivity index (χ2n) is 3.16. The van der Waals surface area contributed by atoms with E-state index in [0.29, 0.717) is 19.3 Å². The topological polar surface area (TPSA) is 30.5 Å². The Bertz CT molecular complexity index is 96.5. The van der Waals surface area contributed by atoms with Gasteiger partial charge in [-0.2, -0.15) is 0 Å². The monoisotopic (exact) mass is 175 g/mol. The molecule has 3 heteroatoms. The quantitative estimate of drug-likeness (QED) is 0.586. The van der Waals surface area contributed by atoms with Gasteiger partial charge in [0.25, 0.3) is 0 Å². The van der Waals surface area contributed by atoms with Crippen molar-refractivity contribution in [1.82, 2.24) is 5.32 Å². The summed E-state index contributed by atoms with van der Waals surface area (Å²) in [5, 5.41) is 3.05. The van der Waals surface area contributed by atoms with E-state index >= 15 is 0 Å². The number of hydrogen-bond acceptors (Lipinski definition) is 3. The average molecular weight is 175 g/mol. The Balaban J connectivity index is 3.08. The van der Waals surface area contributed by atoms with Crippen molar-refractivity contribution in [3.05, 3.63) is 0 Å². The molecule has 0 aliphatic rings. The molecule has 0 saturated heterocycles. The predicted octanol–water partition coefficient (Wildman–Crippen LogP) is 1.04. The number of rotatable bonds is 7.